The predicted octanol–water partition coefficient (Wildman–Crippen LogP) is 3.07. The highest BCUT2D eigenvalue weighted by Gasteiger charge is 2.10. The summed E-state index contributed by atoms with van der Waals surface area (Å²) in [5, 5.41) is 10.9. The number of aliphatic hydroxyl groups is 1. The van der Waals surface area contributed by atoms with Gasteiger partial charge in [0.15, 0.2) is 0 Å². The van der Waals surface area contributed by atoms with E-state index < -0.39 is 0 Å². The number of rotatable bonds is 3. The molecule has 0 amide bonds. The molecule has 2 nitrogen and oxygen atoms in total. The van der Waals surface area contributed by atoms with Crippen LogP contribution in [0.25, 0.3) is 10.9 Å². The van der Waals surface area contributed by atoms with Crippen LogP contribution in [0.15, 0.2) is 18.3 Å². The average Bonchev–Trinajstić information content (AvgIpc) is 2.58. The maximum Gasteiger partial charge on any atom is 0.0525 e. The molecule has 0 bridgehead atoms. The minimum absolute atomic E-state index is 0.239. The molecule has 3 heteroatoms. The molecule has 2 rings (SSSR count). The second kappa shape index (κ2) is 4.48. The van der Waals surface area contributed by atoms with E-state index in [0.29, 0.717) is 0 Å². The monoisotopic (exact) mass is 237 g/mol. The molecule has 0 aliphatic carbocycles. The highest BCUT2D eigenvalue weighted by Crippen LogP contribution is 2.29. The van der Waals surface area contributed by atoms with Crippen molar-refractivity contribution in [2.24, 2.45) is 7.05 Å². The highest BCUT2D eigenvalue weighted by atomic mass is 35.5. The molecule has 86 valence electrons. The van der Waals surface area contributed by atoms with Gasteiger partial charge in [0.25, 0.3) is 0 Å². The summed E-state index contributed by atoms with van der Waals surface area (Å²) >= 11 is 6.12. The molecule has 0 unspecified atom stereocenters. The summed E-state index contributed by atoms with van der Waals surface area (Å²) in [7, 11) is 2.04. The third-order valence-electron chi connectivity index (χ3n) is 3.02. The number of halogens is 1. The average molecular weight is 238 g/mol. The van der Waals surface area contributed by atoms with Gasteiger partial charge in [0, 0.05) is 30.3 Å². The van der Waals surface area contributed by atoms with Gasteiger partial charge in [-0.05, 0) is 37.0 Å². The SMILES string of the molecule is Cc1c(Cl)ccc2c(CCCO)cn(C)c12. The van der Waals surface area contributed by atoms with E-state index in [2.05, 4.69) is 16.8 Å². The minimum Gasteiger partial charge on any atom is -0.396 e. The van der Waals surface area contributed by atoms with E-state index in [0.717, 1.165) is 23.4 Å². The Morgan fingerprint density at radius 1 is 1.38 bits per heavy atom. The molecule has 0 radical (unpaired) electrons. The van der Waals surface area contributed by atoms with Crippen LogP contribution >= 0.6 is 11.6 Å². The fourth-order valence-corrected chi connectivity index (χ4v) is 2.38. The molecule has 0 spiro atoms. The molecule has 0 saturated carbocycles. The number of fused-ring (bicyclic) bond motifs is 1. The summed E-state index contributed by atoms with van der Waals surface area (Å²) in [6.07, 6.45) is 3.85. The molecule has 0 atom stereocenters. The number of aliphatic hydroxyl groups excluding tert-OH is 1. The van der Waals surface area contributed by atoms with E-state index in [-0.39, 0.29) is 6.61 Å². The van der Waals surface area contributed by atoms with Crippen molar-refractivity contribution in [3.8, 4) is 0 Å². The quantitative estimate of drug-likeness (QED) is 0.872. The maximum absolute atomic E-state index is 8.88. The summed E-state index contributed by atoms with van der Waals surface area (Å²) in [6.45, 7) is 2.28. The van der Waals surface area contributed by atoms with Crippen molar-refractivity contribution in [2.75, 3.05) is 6.61 Å². The number of benzene rings is 1. The predicted molar refractivity (Wildman–Crippen MR) is 68.1 cm³/mol. The largest absolute Gasteiger partial charge is 0.396 e. The molecule has 1 aromatic heterocycles. The Hall–Kier alpha value is -0.990. The van der Waals surface area contributed by atoms with Crippen molar-refractivity contribution in [3.05, 3.63) is 34.5 Å². The molecular weight excluding hydrogens is 222 g/mol. The highest BCUT2D eigenvalue weighted by molar-refractivity contribution is 6.32. The summed E-state index contributed by atoms with van der Waals surface area (Å²) < 4.78 is 2.11. The van der Waals surface area contributed by atoms with Gasteiger partial charge < -0.3 is 9.67 Å². The van der Waals surface area contributed by atoms with Crippen LogP contribution in [-0.2, 0) is 13.5 Å². The van der Waals surface area contributed by atoms with Gasteiger partial charge in [0.2, 0.25) is 0 Å². The number of hydrogen-bond donors (Lipinski definition) is 1. The van der Waals surface area contributed by atoms with Crippen LogP contribution < -0.4 is 0 Å². The van der Waals surface area contributed by atoms with Gasteiger partial charge in [-0.1, -0.05) is 17.7 Å². The fourth-order valence-electron chi connectivity index (χ4n) is 2.23. The third-order valence-corrected chi connectivity index (χ3v) is 3.43. The van der Waals surface area contributed by atoms with Gasteiger partial charge in [-0.3, -0.25) is 0 Å². The van der Waals surface area contributed by atoms with Crippen LogP contribution in [0.1, 0.15) is 17.5 Å². The molecule has 0 fully saturated rings. The Bertz CT molecular complexity index is 516. The second-order valence-corrected chi connectivity index (χ2v) is 4.57. The van der Waals surface area contributed by atoms with Crippen molar-refractivity contribution >= 4 is 22.5 Å². The van der Waals surface area contributed by atoms with Crippen molar-refractivity contribution in [2.45, 2.75) is 19.8 Å². The van der Waals surface area contributed by atoms with Gasteiger partial charge in [0.1, 0.15) is 0 Å². The first-order chi connectivity index (χ1) is 7.65. The number of aryl methyl sites for hydroxylation is 3. The van der Waals surface area contributed by atoms with Gasteiger partial charge in [-0.25, -0.2) is 0 Å². The van der Waals surface area contributed by atoms with Crippen molar-refractivity contribution < 1.29 is 5.11 Å². The van der Waals surface area contributed by atoms with Gasteiger partial charge in [-0.2, -0.15) is 0 Å². The lowest BCUT2D eigenvalue weighted by molar-refractivity contribution is 0.288. The molecule has 1 N–H and O–H groups in total. The molecule has 1 heterocycles. The number of aromatic nitrogens is 1. The van der Waals surface area contributed by atoms with Gasteiger partial charge in [0.05, 0.1) is 5.52 Å². The summed E-state index contributed by atoms with van der Waals surface area (Å²) in [5.74, 6) is 0. The maximum atomic E-state index is 8.88. The zero-order chi connectivity index (χ0) is 11.7. The van der Waals surface area contributed by atoms with Crippen molar-refractivity contribution in [1.82, 2.24) is 4.57 Å². The Kier molecular flexibility index (Phi) is 3.22. The fraction of sp³-hybridized carbons (Fsp3) is 0.385. The lowest BCUT2D eigenvalue weighted by Gasteiger charge is -2.03. The van der Waals surface area contributed by atoms with E-state index >= 15 is 0 Å². The molecular formula is C13H16ClNO. The van der Waals surface area contributed by atoms with Gasteiger partial charge >= 0.3 is 0 Å². The van der Waals surface area contributed by atoms with E-state index in [4.69, 9.17) is 16.7 Å². The molecule has 1 aromatic carbocycles. The lowest BCUT2D eigenvalue weighted by atomic mass is 10.1. The number of hydrogen-bond acceptors (Lipinski definition) is 1. The van der Waals surface area contributed by atoms with Crippen LogP contribution in [-0.4, -0.2) is 16.3 Å². The van der Waals surface area contributed by atoms with Crippen LogP contribution in [0.3, 0.4) is 0 Å². The molecule has 16 heavy (non-hydrogen) atoms. The number of nitrogens with zero attached hydrogens (tertiary/aromatic N) is 1. The lowest BCUT2D eigenvalue weighted by Crippen LogP contribution is -1.87. The summed E-state index contributed by atoms with van der Waals surface area (Å²) in [4.78, 5) is 0. The smallest absolute Gasteiger partial charge is 0.0525 e. The normalized spacial score (nSPS) is 11.2. The molecule has 0 saturated heterocycles. The first kappa shape index (κ1) is 11.5. The minimum atomic E-state index is 0.239. The summed E-state index contributed by atoms with van der Waals surface area (Å²) in [5.41, 5.74) is 3.60. The van der Waals surface area contributed by atoms with Gasteiger partial charge in [-0.15, -0.1) is 0 Å². The van der Waals surface area contributed by atoms with Crippen LogP contribution in [0.5, 0.6) is 0 Å². The molecule has 0 aliphatic heterocycles. The Morgan fingerprint density at radius 3 is 2.81 bits per heavy atom. The molecule has 2 aromatic rings. The zero-order valence-electron chi connectivity index (χ0n) is 9.63. The van der Waals surface area contributed by atoms with E-state index in [9.17, 15) is 0 Å². The van der Waals surface area contributed by atoms with Crippen molar-refractivity contribution in [3.63, 3.8) is 0 Å². The van der Waals surface area contributed by atoms with E-state index in [1.165, 1.54) is 16.5 Å². The Balaban J connectivity index is 2.58. The van der Waals surface area contributed by atoms with Crippen molar-refractivity contribution in [1.29, 1.82) is 0 Å². The topological polar surface area (TPSA) is 25.2 Å². The molecule has 0 aliphatic rings. The van der Waals surface area contributed by atoms with E-state index in [1.54, 1.807) is 0 Å². The first-order valence-electron chi connectivity index (χ1n) is 5.49. The van der Waals surface area contributed by atoms with Crippen LogP contribution in [0.4, 0.5) is 0 Å². The third kappa shape index (κ3) is 1.83. The van der Waals surface area contributed by atoms with E-state index in [1.807, 2.05) is 20.0 Å². The Morgan fingerprint density at radius 2 is 2.12 bits per heavy atom. The van der Waals surface area contributed by atoms with Crippen LogP contribution in [0.2, 0.25) is 5.02 Å². The van der Waals surface area contributed by atoms with Crippen LogP contribution in [0, 0.1) is 6.92 Å². The first-order valence-corrected chi connectivity index (χ1v) is 5.87. The second-order valence-electron chi connectivity index (χ2n) is 4.16. The summed E-state index contributed by atoms with van der Waals surface area (Å²) in [6, 6.07) is 4.01. The zero-order valence-corrected chi connectivity index (χ0v) is 10.4. The Labute approximate surface area is 100 Å². The standard InChI is InChI=1S/C13H16ClNO/c1-9-12(14)6-5-11-10(4-3-7-16)8-15(2)13(9)11/h5-6,8,16H,3-4,7H2,1-2H3.